The number of rotatable bonds is 7. The van der Waals surface area contributed by atoms with Crippen LogP contribution in [-0.4, -0.2) is 21.0 Å². The molecule has 7 heteroatoms. The Bertz CT molecular complexity index is 646. The topological polar surface area (TPSA) is 96.8 Å². The monoisotopic (exact) mass is 285 g/mol. The van der Waals surface area contributed by atoms with Crippen LogP contribution in [0.3, 0.4) is 0 Å². The summed E-state index contributed by atoms with van der Waals surface area (Å²) in [5, 5.41) is 22.8. The summed E-state index contributed by atoms with van der Waals surface area (Å²) in [6, 6.07) is 6.33. The highest BCUT2D eigenvalue weighted by Crippen LogP contribution is 2.25. The van der Waals surface area contributed by atoms with Gasteiger partial charge in [0.1, 0.15) is 5.69 Å². The summed E-state index contributed by atoms with van der Waals surface area (Å²) in [4.78, 5) is 14.5. The van der Waals surface area contributed by atoms with E-state index in [4.69, 9.17) is 5.26 Å². The van der Waals surface area contributed by atoms with Gasteiger partial charge >= 0.3 is 0 Å². The summed E-state index contributed by atoms with van der Waals surface area (Å²) in [7, 11) is 0. The Hall–Kier alpha value is -2.88. The smallest absolute Gasteiger partial charge is 0.293 e. The van der Waals surface area contributed by atoms with Crippen molar-refractivity contribution in [1.29, 1.82) is 5.26 Å². The van der Waals surface area contributed by atoms with Gasteiger partial charge in [-0.05, 0) is 25.0 Å². The predicted molar refractivity (Wildman–Crippen MR) is 77.8 cm³/mol. The number of aryl methyl sites for hydroxylation is 1. The maximum Gasteiger partial charge on any atom is 0.293 e. The maximum absolute atomic E-state index is 11.0. The van der Waals surface area contributed by atoms with E-state index in [2.05, 4.69) is 10.3 Å². The van der Waals surface area contributed by atoms with Gasteiger partial charge in [-0.1, -0.05) is 0 Å². The zero-order chi connectivity index (χ0) is 15.1. The Kier molecular flexibility index (Phi) is 4.88. The van der Waals surface area contributed by atoms with Crippen LogP contribution in [0.25, 0.3) is 0 Å². The number of hydrogen-bond acceptors (Lipinski definition) is 5. The number of aromatic nitrogens is 2. The first-order chi connectivity index (χ1) is 10.2. The van der Waals surface area contributed by atoms with Crippen LogP contribution in [0, 0.1) is 21.4 Å². The van der Waals surface area contributed by atoms with Gasteiger partial charge in [0.2, 0.25) is 0 Å². The summed E-state index contributed by atoms with van der Waals surface area (Å²) in [5.41, 5.74) is 0.664. The van der Waals surface area contributed by atoms with E-state index in [1.165, 1.54) is 6.07 Å². The fourth-order valence-electron chi connectivity index (χ4n) is 1.96. The summed E-state index contributed by atoms with van der Waals surface area (Å²) in [6.45, 7) is 1.51. The summed E-state index contributed by atoms with van der Waals surface area (Å²) in [6.07, 6.45) is 7.24. The van der Waals surface area contributed by atoms with Gasteiger partial charge in [0, 0.05) is 31.5 Å². The van der Waals surface area contributed by atoms with E-state index in [9.17, 15) is 10.1 Å². The molecule has 0 radical (unpaired) electrons. The highest BCUT2D eigenvalue weighted by atomic mass is 16.6. The van der Waals surface area contributed by atoms with Gasteiger partial charge in [-0.25, -0.2) is 4.98 Å². The van der Waals surface area contributed by atoms with Crippen molar-refractivity contribution in [3.63, 3.8) is 0 Å². The van der Waals surface area contributed by atoms with Gasteiger partial charge in [-0.2, -0.15) is 5.26 Å². The Morgan fingerprint density at radius 1 is 1.43 bits per heavy atom. The molecule has 0 aliphatic carbocycles. The molecule has 2 rings (SSSR count). The van der Waals surface area contributed by atoms with Crippen LogP contribution in [0.2, 0.25) is 0 Å². The lowest BCUT2D eigenvalue weighted by Gasteiger charge is -2.07. The minimum Gasteiger partial charge on any atom is -0.379 e. The molecule has 0 aliphatic heterocycles. The lowest BCUT2D eigenvalue weighted by Crippen LogP contribution is -2.06. The first kappa shape index (κ1) is 14.5. The van der Waals surface area contributed by atoms with Crippen molar-refractivity contribution in [1.82, 2.24) is 9.55 Å². The average molecular weight is 285 g/mol. The highest BCUT2D eigenvalue weighted by molar-refractivity contribution is 5.63. The third-order valence-corrected chi connectivity index (χ3v) is 3.04. The molecule has 0 saturated heterocycles. The van der Waals surface area contributed by atoms with Crippen molar-refractivity contribution in [2.24, 2.45) is 0 Å². The molecule has 7 nitrogen and oxygen atoms in total. The van der Waals surface area contributed by atoms with Crippen LogP contribution < -0.4 is 5.32 Å². The van der Waals surface area contributed by atoms with Gasteiger partial charge in [0.15, 0.2) is 0 Å². The van der Waals surface area contributed by atoms with E-state index in [1.54, 1.807) is 24.7 Å². The van der Waals surface area contributed by atoms with Gasteiger partial charge in [-0.3, -0.25) is 10.1 Å². The number of nitrogens with zero attached hydrogens (tertiary/aromatic N) is 4. The number of anilines is 1. The van der Waals surface area contributed by atoms with Gasteiger partial charge in [0.25, 0.3) is 5.69 Å². The Morgan fingerprint density at radius 2 is 2.29 bits per heavy atom. The molecule has 1 aromatic heterocycles. The molecule has 1 aromatic carbocycles. The number of nitrogens with one attached hydrogen (secondary N) is 1. The number of nitriles is 1. The van der Waals surface area contributed by atoms with E-state index in [-0.39, 0.29) is 11.3 Å². The standard InChI is InChI=1S/C14H15N5O2/c15-10-12-3-4-13(14(9-12)19(20)21)17-5-1-2-7-18-8-6-16-11-18/h3-4,6,8-9,11,17H,1-2,5,7H2. The SMILES string of the molecule is N#Cc1ccc(NCCCCn2ccnc2)c([N+](=O)[O-])c1. The number of hydrogen-bond donors (Lipinski definition) is 1. The third-order valence-electron chi connectivity index (χ3n) is 3.04. The molecule has 0 amide bonds. The fraction of sp³-hybridized carbons (Fsp3) is 0.286. The number of nitro benzene ring substituents is 1. The second-order valence-corrected chi connectivity index (χ2v) is 4.54. The molecule has 0 fully saturated rings. The summed E-state index contributed by atoms with van der Waals surface area (Å²) in [5.74, 6) is 0. The molecule has 2 aromatic rings. The van der Waals surface area contributed by atoms with E-state index in [1.807, 2.05) is 16.8 Å². The molecule has 21 heavy (non-hydrogen) atoms. The predicted octanol–water partition coefficient (Wildman–Crippen LogP) is 2.56. The van der Waals surface area contributed by atoms with Crippen LogP contribution >= 0.6 is 0 Å². The molecule has 1 heterocycles. The van der Waals surface area contributed by atoms with Gasteiger partial charge < -0.3 is 9.88 Å². The first-order valence-corrected chi connectivity index (χ1v) is 6.59. The van der Waals surface area contributed by atoms with Crippen molar-refractivity contribution in [3.05, 3.63) is 52.6 Å². The number of unbranched alkanes of at least 4 members (excludes halogenated alkanes) is 1. The summed E-state index contributed by atoms with van der Waals surface area (Å²) < 4.78 is 1.99. The van der Waals surface area contributed by atoms with E-state index < -0.39 is 4.92 Å². The molecule has 0 spiro atoms. The lowest BCUT2D eigenvalue weighted by atomic mass is 10.2. The molecule has 0 saturated carbocycles. The second-order valence-electron chi connectivity index (χ2n) is 4.54. The summed E-state index contributed by atoms with van der Waals surface area (Å²) >= 11 is 0. The van der Waals surface area contributed by atoms with Crippen molar-refractivity contribution >= 4 is 11.4 Å². The molecule has 0 atom stereocenters. The minimum absolute atomic E-state index is 0.0661. The Balaban J connectivity index is 1.85. The quantitative estimate of drug-likeness (QED) is 0.479. The average Bonchev–Trinajstić information content (AvgIpc) is 3.00. The van der Waals surface area contributed by atoms with Crippen LogP contribution in [0.5, 0.6) is 0 Å². The fourth-order valence-corrected chi connectivity index (χ4v) is 1.96. The maximum atomic E-state index is 11.0. The number of imidazole rings is 1. The Morgan fingerprint density at radius 3 is 2.95 bits per heavy atom. The lowest BCUT2D eigenvalue weighted by molar-refractivity contribution is -0.384. The van der Waals surface area contributed by atoms with Crippen LogP contribution in [0.4, 0.5) is 11.4 Å². The molecule has 1 N–H and O–H groups in total. The van der Waals surface area contributed by atoms with E-state index in [0.717, 1.165) is 19.4 Å². The number of nitro groups is 1. The number of benzene rings is 1. The third kappa shape index (κ3) is 4.04. The molecule has 0 unspecified atom stereocenters. The van der Waals surface area contributed by atoms with Crippen LogP contribution in [0.15, 0.2) is 36.9 Å². The zero-order valence-electron chi connectivity index (χ0n) is 11.4. The van der Waals surface area contributed by atoms with E-state index in [0.29, 0.717) is 12.2 Å². The molecule has 108 valence electrons. The second kappa shape index (κ2) is 7.05. The molecular formula is C14H15N5O2. The van der Waals surface area contributed by atoms with Gasteiger partial charge in [0.05, 0.1) is 22.9 Å². The van der Waals surface area contributed by atoms with Crippen LogP contribution in [0.1, 0.15) is 18.4 Å². The van der Waals surface area contributed by atoms with Crippen molar-refractivity contribution in [3.8, 4) is 6.07 Å². The molecule has 0 aliphatic rings. The normalized spacial score (nSPS) is 10.0. The van der Waals surface area contributed by atoms with Crippen molar-refractivity contribution in [2.75, 3.05) is 11.9 Å². The largest absolute Gasteiger partial charge is 0.379 e. The first-order valence-electron chi connectivity index (χ1n) is 6.59. The molecule has 0 bridgehead atoms. The van der Waals surface area contributed by atoms with Crippen molar-refractivity contribution in [2.45, 2.75) is 19.4 Å². The zero-order valence-corrected chi connectivity index (χ0v) is 11.4. The highest BCUT2D eigenvalue weighted by Gasteiger charge is 2.13. The van der Waals surface area contributed by atoms with E-state index >= 15 is 0 Å². The van der Waals surface area contributed by atoms with Gasteiger partial charge in [-0.15, -0.1) is 0 Å². The Labute approximate surface area is 122 Å². The van der Waals surface area contributed by atoms with Crippen LogP contribution in [-0.2, 0) is 6.54 Å². The molecular weight excluding hydrogens is 270 g/mol. The van der Waals surface area contributed by atoms with Crippen molar-refractivity contribution < 1.29 is 4.92 Å². The minimum atomic E-state index is -0.478.